The van der Waals surface area contributed by atoms with Crippen LogP contribution in [-0.4, -0.2) is 18.0 Å². The van der Waals surface area contributed by atoms with Crippen LogP contribution >= 0.6 is 0 Å². The molecule has 2 aromatic rings. The van der Waals surface area contributed by atoms with Crippen LogP contribution in [0.15, 0.2) is 42.2 Å². The maximum atomic E-state index is 12.4. The third-order valence-corrected chi connectivity index (χ3v) is 3.37. The van der Waals surface area contributed by atoms with E-state index in [0.29, 0.717) is 16.9 Å². The number of fused-ring (bicyclic) bond motifs is 1. The van der Waals surface area contributed by atoms with E-state index in [1.807, 2.05) is 24.3 Å². The lowest BCUT2D eigenvalue weighted by Gasteiger charge is -2.01. The van der Waals surface area contributed by atoms with Gasteiger partial charge in [0.25, 0.3) is 0 Å². The number of hydrogen-bond donors (Lipinski definition) is 1. The second-order valence-corrected chi connectivity index (χ2v) is 4.85. The first-order chi connectivity index (χ1) is 10.1. The quantitative estimate of drug-likeness (QED) is 0.858. The molecule has 1 N–H and O–H groups in total. The number of ketones is 1. The Morgan fingerprint density at radius 1 is 1.19 bits per heavy atom. The summed E-state index contributed by atoms with van der Waals surface area (Å²) in [5.41, 5.74) is 2.05. The van der Waals surface area contributed by atoms with Gasteiger partial charge in [0, 0.05) is 6.07 Å². The minimum Gasteiger partial charge on any atom is -0.508 e. The van der Waals surface area contributed by atoms with Crippen molar-refractivity contribution in [2.75, 3.05) is 7.11 Å². The largest absolute Gasteiger partial charge is 0.508 e. The van der Waals surface area contributed by atoms with Gasteiger partial charge in [-0.05, 0) is 42.3 Å². The van der Waals surface area contributed by atoms with Crippen molar-refractivity contribution in [3.63, 3.8) is 0 Å². The van der Waals surface area contributed by atoms with Gasteiger partial charge in [0.2, 0.25) is 5.78 Å². The molecule has 0 bridgehead atoms. The van der Waals surface area contributed by atoms with Crippen LogP contribution in [0.25, 0.3) is 6.08 Å². The molecule has 4 heteroatoms. The molecule has 4 nitrogen and oxygen atoms in total. The summed E-state index contributed by atoms with van der Waals surface area (Å²) in [7, 11) is 1.60. The van der Waals surface area contributed by atoms with Gasteiger partial charge in [-0.3, -0.25) is 4.79 Å². The van der Waals surface area contributed by atoms with Crippen LogP contribution in [0.2, 0.25) is 0 Å². The average Bonchev–Trinajstić information content (AvgIpc) is 2.76. The Morgan fingerprint density at radius 2 is 1.90 bits per heavy atom. The summed E-state index contributed by atoms with van der Waals surface area (Å²) >= 11 is 0. The highest BCUT2D eigenvalue weighted by Gasteiger charge is 2.29. The molecular weight excluding hydrogens is 268 g/mol. The number of allylic oxidation sites excluding steroid dienone is 1. The first kappa shape index (κ1) is 13.2. The Morgan fingerprint density at radius 3 is 2.57 bits per heavy atom. The normalized spacial score (nSPS) is 15.0. The number of carbonyl (C=O) groups excluding carboxylic acids is 1. The molecule has 0 spiro atoms. The van der Waals surface area contributed by atoms with E-state index in [1.54, 1.807) is 26.2 Å². The first-order valence-electron chi connectivity index (χ1n) is 6.50. The number of benzene rings is 2. The molecule has 21 heavy (non-hydrogen) atoms. The molecule has 0 atom stereocenters. The summed E-state index contributed by atoms with van der Waals surface area (Å²) in [6.07, 6.45) is 1.68. The zero-order valence-electron chi connectivity index (χ0n) is 11.7. The van der Waals surface area contributed by atoms with Gasteiger partial charge in [0.05, 0.1) is 12.7 Å². The number of phenols is 1. The highest BCUT2D eigenvalue weighted by molar-refractivity contribution is 6.15. The van der Waals surface area contributed by atoms with Crippen LogP contribution in [0, 0.1) is 6.92 Å². The Kier molecular flexibility index (Phi) is 3.14. The molecule has 0 amide bonds. The predicted octanol–water partition coefficient (Wildman–Crippen LogP) is 3.33. The van der Waals surface area contributed by atoms with E-state index in [4.69, 9.17) is 9.47 Å². The Balaban J connectivity index is 1.96. The molecular formula is C17H14O4. The standard InChI is InChI=1S/C17H14O4/c1-10-7-12(18)9-14-16(10)17(19)15(21-14)8-11-3-5-13(20-2)6-4-11/h3-9,18H,1-2H3/b15-8-. The zero-order chi connectivity index (χ0) is 15.0. The minimum atomic E-state index is -0.168. The molecule has 0 fully saturated rings. The second-order valence-electron chi connectivity index (χ2n) is 4.85. The number of carbonyl (C=O) groups is 1. The summed E-state index contributed by atoms with van der Waals surface area (Å²) in [5.74, 6) is 1.32. The number of hydrogen-bond acceptors (Lipinski definition) is 4. The maximum Gasteiger partial charge on any atom is 0.232 e. The van der Waals surface area contributed by atoms with E-state index in [2.05, 4.69) is 0 Å². The Hall–Kier alpha value is -2.75. The van der Waals surface area contributed by atoms with Crippen LogP contribution in [0.5, 0.6) is 17.2 Å². The number of phenolic OH excluding ortho intramolecular Hbond substituents is 1. The molecule has 0 radical (unpaired) electrons. The van der Waals surface area contributed by atoms with Gasteiger partial charge in [-0.15, -0.1) is 0 Å². The number of aromatic hydroxyl groups is 1. The third kappa shape index (κ3) is 2.36. The van der Waals surface area contributed by atoms with Crippen LogP contribution in [-0.2, 0) is 0 Å². The lowest BCUT2D eigenvalue weighted by molar-refractivity contribution is 0.101. The van der Waals surface area contributed by atoms with Crippen LogP contribution in [0.4, 0.5) is 0 Å². The van der Waals surface area contributed by atoms with E-state index in [9.17, 15) is 9.90 Å². The fourth-order valence-electron chi connectivity index (χ4n) is 2.34. The van der Waals surface area contributed by atoms with Crippen molar-refractivity contribution in [1.82, 2.24) is 0 Å². The first-order valence-corrected chi connectivity index (χ1v) is 6.50. The van der Waals surface area contributed by atoms with Gasteiger partial charge in [0.15, 0.2) is 5.76 Å². The lowest BCUT2D eigenvalue weighted by atomic mass is 10.0. The van der Waals surface area contributed by atoms with Crippen molar-refractivity contribution in [1.29, 1.82) is 0 Å². The zero-order valence-corrected chi connectivity index (χ0v) is 11.7. The second kappa shape index (κ2) is 4.98. The van der Waals surface area contributed by atoms with E-state index < -0.39 is 0 Å². The van der Waals surface area contributed by atoms with Crippen LogP contribution in [0.1, 0.15) is 21.5 Å². The Bertz CT molecular complexity index is 742. The lowest BCUT2D eigenvalue weighted by Crippen LogP contribution is -1.99. The van der Waals surface area contributed by atoms with Gasteiger partial charge >= 0.3 is 0 Å². The minimum absolute atomic E-state index is 0.0877. The van der Waals surface area contributed by atoms with Crippen LogP contribution in [0.3, 0.4) is 0 Å². The molecule has 0 aliphatic carbocycles. The van der Waals surface area contributed by atoms with Crippen molar-refractivity contribution in [3.05, 3.63) is 58.8 Å². The molecule has 1 heterocycles. The molecule has 0 aromatic heterocycles. The number of methoxy groups -OCH3 is 1. The molecule has 0 saturated heterocycles. The predicted molar refractivity (Wildman–Crippen MR) is 78.8 cm³/mol. The monoisotopic (exact) mass is 282 g/mol. The summed E-state index contributed by atoms with van der Waals surface area (Å²) in [6.45, 7) is 1.77. The smallest absolute Gasteiger partial charge is 0.232 e. The van der Waals surface area contributed by atoms with E-state index >= 15 is 0 Å². The van der Waals surface area contributed by atoms with Crippen LogP contribution < -0.4 is 9.47 Å². The molecule has 0 unspecified atom stereocenters. The molecule has 1 aliphatic heterocycles. The summed E-state index contributed by atoms with van der Waals surface area (Å²) < 4.78 is 10.7. The van der Waals surface area contributed by atoms with Crippen molar-refractivity contribution < 1.29 is 19.4 Å². The number of Topliss-reactive ketones (excluding diaryl/α,β-unsaturated/α-hetero) is 1. The SMILES string of the molecule is COc1ccc(/C=C2\Oc3cc(O)cc(C)c3C2=O)cc1. The van der Waals surface area contributed by atoms with Crippen molar-refractivity contribution in [2.24, 2.45) is 0 Å². The van der Waals surface area contributed by atoms with Gasteiger partial charge in [-0.25, -0.2) is 0 Å². The summed E-state index contributed by atoms with van der Waals surface area (Å²) in [6, 6.07) is 10.3. The third-order valence-electron chi connectivity index (χ3n) is 3.37. The topological polar surface area (TPSA) is 55.8 Å². The average molecular weight is 282 g/mol. The molecule has 2 aromatic carbocycles. The Labute approximate surface area is 122 Å². The van der Waals surface area contributed by atoms with Gasteiger partial charge in [0.1, 0.15) is 17.2 Å². The molecule has 3 rings (SSSR count). The summed E-state index contributed by atoms with van der Waals surface area (Å²) in [5, 5.41) is 9.57. The summed E-state index contributed by atoms with van der Waals surface area (Å²) in [4.78, 5) is 12.4. The van der Waals surface area contributed by atoms with E-state index in [1.165, 1.54) is 6.07 Å². The fraction of sp³-hybridized carbons (Fsp3) is 0.118. The van der Waals surface area contributed by atoms with E-state index in [-0.39, 0.29) is 17.3 Å². The number of ether oxygens (including phenoxy) is 2. The van der Waals surface area contributed by atoms with Crippen molar-refractivity contribution in [3.8, 4) is 17.2 Å². The molecule has 106 valence electrons. The van der Waals surface area contributed by atoms with Crippen molar-refractivity contribution in [2.45, 2.75) is 6.92 Å². The van der Waals surface area contributed by atoms with Gasteiger partial charge < -0.3 is 14.6 Å². The maximum absolute atomic E-state index is 12.4. The van der Waals surface area contributed by atoms with Gasteiger partial charge in [-0.1, -0.05) is 12.1 Å². The molecule has 1 aliphatic rings. The highest BCUT2D eigenvalue weighted by atomic mass is 16.5. The fourth-order valence-corrected chi connectivity index (χ4v) is 2.34. The number of aryl methyl sites for hydroxylation is 1. The molecule has 0 saturated carbocycles. The van der Waals surface area contributed by atoms with Gasteiger partial charge in [-0.2, -0.15) is 0 Å². The van der Waals surface area contributed by atoms with Crippen molar-refractivity contribution >= 4 is 11.9 Å². The highest BCUT2D eigenvalue weighted by Crippen LogP contribution is 2.37. The van der Waals surface area contributed by atoms with E-state index in [0.717, 1.165) is 11.3 Å². The number of rotatable bonds is 2.